The molecule has 2 N–H and O–H groups in total. The Kier molecular flexibility index (Phi) is 5.71. The van der Waals surface area contributed by atoms with E-state index in [1.807, 2.05) is 73.7 Å². The van der Waals surface area contributed by atoms with Gasteiger partial charge in [0.2, 0.25) is 0 Å². The highest BCUT2D eigenvalue weighted by Crippen LogP contribution is 2.33. The molecule has 3 rings (SSSR count). The first kappa shape index (κ1) is 17.8. The van der Waals surface area contributed by atoms with E-state index in [-0.39, 0.29) is 0 Å². The Morgan fingerprint density at radius 3 is 1.92 bits per heavy atom. The third-order valence-corrected chi connectivity index (χ3v) is 4.79. The molecule has 0 aliphatic rings. The SMILES string of the molecule is Cc1ccccc1NC(=O)C(=O)Nc1ccccc1Sc1ccccc1. The predicted molar refractivity (Wildman–Crippen MR) is 105 cm³/mol. The van der Waals surface area contributed by atoms with Gasteiger partial charge in [0, 0.05) is 15.5 Å². The van der Waals surface area contributed by atoms with Crippen LogP contribution in [0.2, 0.25) is 0 Å². The first-order valence-electron chi connectivity index (χ1n) is 8.13. The van der Waals surface area contributed by atoms with Crippen molar-refractivity contribution in [3.63, 3.8) is 0 Å². The fourth-order valence-corrected chi connectivity index (χ4v) is 3.27. The maximum Gasteiger partial charge on any atom is 0.314 e. The Labute approximate surface area is 156 Å². The van der Waals surface area contributed by atoms with Crippen molar-refractivity contribution in [1.82, 2.24) is 0 Å². The first-order chi connectivity index (χ1) is 12.6. The Morgan fingerprint density at radius 1 is 0.692 bits per heavy atom. The van der Waals surface area contributed by atoms with Crippen molar-refractivity contribution in [1.29, 1.82) is 0 Å². The largest absolute Gasteiger partial charge is 0.318 e. The van der Waals surface area contributed by atoms with Crippen LogP contribution in [0.1, 0.15) is 5.56 Å². The summed E-state index contributed by atoms with van der Waals surface area (Å²) in [5.41, 5.74) is 2.12. The summed E-state index contributed by atoms with van der Waals surface area (Å²) in [4.78, 5) is 26.4. The van der Waals surface area contributed by atoms with Gasteiger partial charge in [-0.1, -0.05) is 60.3 Å². The van der Waals surface area contributed by atoms with Gasteiger partial charge in [-0.2, -0.15) is 0 Å². The van der Waals surface area contributed by atoms with E-state index in [2.05, 4.69) is 10.6 Å². The summed E-state index contributed by atoms with van der Waals surface area (Å²) in [5, 5.41) is 5.34. The summed E-state index contributed by atoms with van der Waals surface area (Å²) in [7, 11) is 0. The molecule has 0 unspecified atom stereocenters. The van der Waals surface area contributed by atoms with Gasteiger partial charge < -0.3 is 10.6 Å². The van der Waals surface area contributed by atoms with Crippen LogP contribution in [0.15, 0.2) is 88.7 Å². The van der Waals surface area contributed by atoms with Crippen LogP contribution in [0.3, 0.4) is 0 Å². The fraction of sp³-hybridized carbons (Fsp3) is 0.0476. The van der Waals surface area contributed by atoms with Crippen LogP contribution >= 0.6 is 11.8 Å². The van der Waals surface area contributed by atoms with Gasteiger partial charge in [0.1, 0.15) is 0 Å². The zero-order chi connectivity index (χ0) is 18.4. The molecule has 3 aromatic rings. The third kappa shape index (κ3) is 4.52. The van der Waals surface area contributed by atoms with Crippen LogP contribution in [-0.2, 0) is 9.59 Å². The van der Waals surface area contributed by atoms with Gasteiger partial charge >= 0.3 is 11.8 Å². The van der Waals surface area contributed by atoms with Crippen molar-refractivity contribution >= 4 is 35.0 Å². The minimum absolute atomic E-state index is 0.603. The second-order valence-corrected chi connectivity index (χ2v) is 6.75. The molecule has 0 fully saturated rings. The average molecular weight is 362 g/mol. The zero-order valence-electron chi connectivity index (χ0n) is 14.2. The van der Waals surface area contributed by atoms with E-state index in [0.29, 0.717) is 11.4 Å². The molecule has 0 aliphatic carbocycles. The molecule has 0 aromatic heterocycles. The molecule has 0 atom stereocenters. The lowest BCUT2D eigenvalue weighted by Crippen LogP contribution is -2.29. The minimum Gasteiger partial charge on any atom is -0.318 e. The number of amides is 2. The highest BCUT2D eigenvalue weighted by molar-refractivity contribution is 7.99. The monoisotopic (exact) mass is 362 g/mol. The summed E-state index contributed by atoms with van der Waals surface area (Å²) in [6, 6.07) is 24.6. The highest BCUT2D eigenvalue weighted by atomic mass is 32.2. The number of carbonyl (C=O) groups excluding carboxylic acids is 2. The number of benzene rings is 3. The Morgan fingerprint density at radius 2 is 1.23 bits per heavy atom. The number of hydrogen-bond donors (Lipinski definition) is 2. The first-order valence-corrected chi connectivity index (χ1v) is 8.95. The quantitative estimate of drug-likeness (QED) is 0.660. The minimum atomic E-state index is -0.700. The Hall–Kier alpha value is -3.05. The number of carbonyl (C=O) groups is 2. The molecular weight excluding hydrogens is 344 g/mol. The average Bonchev–Trinajstić information content (AvgIpc) is 2.66. The van der Waals surface area contributed by atoms with Gasteiger partial charge in [0.05, 0.1) is 5.69 Å². The zero-order valence-corrected chi connectivity index (χ0v) is 15.0. The van der Waals surface area contributed by atoms with E-state index in [1.165, 1.54) is 11.8 Å². The lowest BCUT2D eigenvalue weighted by Gasteiger charge is -2.11. The van der Waals surface area contributed by atoms with E-state index in [4.69, 9.17) is 0 Å². The molecule has 0 saturated carbocycles. The van der Waals surface area contributed by atoms with Crippen LogP contribution < -0.4 is 10.6 Å². The molecule has 3 aromatic carbocycles. The molecule has 5 heteroatoms. The van der Waals surface area contributed by atoms with Crippen molar-refractivity contribution in [3.8, 4) is 0 Å². The lowest BCUT2D eigenvalue weighted by molar-refractivity contribution is -0.133. The predicted octanol–water partition coefficient (Wildman–Crippen LogP) is 4.72. The van der Waals surface area contributed by atoms with E-state index in [9.17, 15) is 9.59 Å². The second-order valence-electron chi connectivity index (χ2n) is 5.63. The smallest absolute Gasteiger partial charge is 0.314 e. The molecule has 0 saturated heterocycles. The van der Waals surface area contributed by atoms with E-state index >= 15 is 0 Å². The number of aryl methyl sites for hydroxylation is 1. The van der Waals surface area contributed by atoms with Crippen molar-refractivity contribution in [3.05, 3.63) is 84.4 Å². The fourth-order valence-electron chi connectivity index (χ4n) is 2.35. The molecule has 4 nitrogen and oxygen atoms in total. The van der Waals surface area contributed by atoms with E-state index in [1.54, 1.807) is 12.1 Å². The molecular formula is C21H18N2O2S. The van der Waals surface area contributed by atoms with Crippen LogP contribution in [-0.4, -0.2) is 11.8 Å². The van der Waals surface area contributed by atoms with Gasteiger partial charge in [-0.25, -0.2) is 0 Å². The van der Waals surface area contributed by atoms with E-state index < -0.39 is 11.8 Å². The molecule has 0 aliphatic heterocycles. The van der Waals surface area contributed by atoms with Gasteiger partial charge in [-0.05, 0) is 42.8 Å². The van der Waals surface area contributed by atoms with Gasteiger partial charge in [0.15, 0.2) is 0 Å². The normalized spacial score (nSPS) is 10.2. The van der Waals surface area contributed by atoms with Crippen molar-refractivity contribution in [2.24, 2.45) is 0 Å². The van der Waals surface area contributed by atoms with Gasteiger partial charge in [0.25, 0.3) is 0 Å². The summed E-state index contributed by atoms with van der Waals surface area (Å²) < 4.78 is 0. The number of anilines is 2. The second kappa shape index (κ2) is 8.36. The number of hydrogen-bond acceptors (Lipinski definition) is 3. The van der Waals surface area contributed by atoms with Crippen molar-refractivity contribution in [2.75, 3.05) is 10.6 Å². The van der Waals surface area contributed by atoms with Gasteiger partial charge in [-0.15, -0.1) is 0 Å². The Balaban J connectivity index is 1.71. The number of nitrogens with one attached hydrogen (secondary N) is 2. The molecule has 0 heterocycles. The molecule has 2 amide bonds. The van der Waals surface area contributed by atoms with Crippen LogP contribution in [0.5, 0.6) is 0 Å². The molecule has 130 valence electrons. The molecule has 0 bridgehead atoms. The number of para-hydroxylation sites is 2. The van der Waals surface area contributed by atoms with Gasteiger partial charge in [-0.3, -0.25) is 9.59 Å². The standard InChI is InChI=1S/C21H18N2O2S/c1-15-9-5-6-12-17(15)22-20(24)21(25)23-18-13-7-8-14-19(18)26-16-10-3-2-4-11-16/h2-14H,1H3,(H,22,24)(H,23,25). The highest BCUT2D eigenvalue weighted by Gasteiger charge is 2.16. The molecule has 0 spiro atoms. The summed E-state index contributed by atoms with van der Waals surface area (Å²) in [5.74, 6) is -1.40. The molecule has 0 radical (unpaired) electrons. The third-order valence-electron chi connectivity index (χ3n) is 3.71. The van der Waals surface area contributed by atoms with Crippen LogP contribution in [0, 0.1) is 6.92 Å². The van der Waals surface area contributed by atoms with Crippen LogP contribution in [0.25, 0.3) is 0 Å². The topological polar surface area (TPSA) is 58.2 Å². The van der Waals surface area contributed by atoms with Crippen molar-refractivity contribution < 1.29 is 9.59 Å². The number of rotatable bonds is 4. The lowest BCUT2D eigenvalue weighted by atomic mass is 10.2. The Bertz CT molecular complexity index is 926. The van der Waals surface area contributed by atoms with E-state index in [0.717, 1.165) is 15.4 Å². The molecule has 26 heavy (non-hydrogen) atoms. The summed E-state index contributed by atoms with van der Waals surface area (Å²) in [6.07, 6.45) is 0. The maximum absolute atomic E-state index is 12.3. The van der Waals surface area contributed by atoms with Crippen LogP contribution in [0.4, 0.5) is 11.4 Å². The maximum atomic E-state index is 12.3. The summed E-state index contributed by atoms with van der Waals surface area (Å²) >= 11 is 1.53. The van der Waals surface area contributed by atoms with Crippen molar-refractivity contribution in [2.45, 2.75) is 16.7 Å². The summed E-state index contributed by atoms with van der Waals surface area (Å²) in [6.45, 7) is 1.87.